The number of hydrogen-bond acceptors (Lipinski definition) is 2. The largest absolute Gasteiger partial charge is 0.404 e. The molecule has 166 valence electrons. The second-order valence-electron chi connectivity index (χ2n) is 8.95. The second kappa shape index (κ2) is 10.7. The van der Waals surface area contributed by atoms with E-state index >= 15 is 0 Å². The molecule has 0 saturated heterocycles. The number of hydrogen-bond donors (Lipinski definition) is 0. The fourth-order valence-electron chi connectivity index (χ4n) is 4.23. The smallest absolute Gasteiger partial charge is 0.261 e. The van der Waals surface area contributed by atoms with Crippen LogP contribution in [0.15, 0.2) is 116 Å². The molecule has 0 aliphatic rings. The average molecular weight is 443 g/mol. The first-order valence-corrected chi connectivity index (χ1v) is 13.0. The predicted octanol–water partition coefficient (Wildman–Crippen LogP) is 6.06. The SMILES string of the molecule is C=C[C@H](O[C@@H](C=C)CO[Si](c1ccccc1)(c1ccccc1)C(C)(C)C)c1ccccc1. The zero-order valence-corrected chi connectivity index (χ0v) is 20.4. The summed E-state index contributed by atoms with van der Waals surface area (Å²) in [4.78, 5) is 0. The molecule has 0 saturated carbocycles. The summed E-state index contributed by atoms with van der Waals surface area (Å²) in [5, 5.41) is 2.42. The van der Waals surface area contributed by atoms with E-state index < -0.39 is 8.32 Å². The monoisotopic (exact) mass is 442 g/mol. The van der Waals surface area contributed by atoms with Crippen molar-refractivity contribution in [3.8, 4) is 0 Å². The van der Waals surface area contributed by atoms with E-state index in [9.17, 15) is 0 Å². The van der Waals surface area contributed by atoms with Crippen molar-refractivity contribution in [1.29, 1.82) is 0 Å². The van der Waals surface area contributed by atoms with Gasteiger partial charge in [-0.25, -0.2) is 0 Å². The molecule has 0 bridgehead atoms. The minimum atomic E-state index is -2.62. The van der Waals surface area contributed by atoms with Crippen molar-refractivity contribution in [1.82, 2.24) is 0 Å². The molecule has 0 unspecified atom stereocenters. The first kappa shape index (κ1) is 23.9. The minimum Gasteiger partial charge on any atom is -0.404 e. The minimum absolute atomic E-state index is 0.0846. The zero-order valence-electron chi connectivity index (χ0n) is 19.4. The van der Waals surface area contributed by atoms with Gasteiger partial charge in [0, 0.05) is 0 Å². The van der Waals surface area contributed by atoms with Gasteiger partial charge in [-0.1, -0.05) is 124 Å². The molecule has 3 heteroatoms. The Morgan fingerprint density at radius 1 is 0.750 bits per heavy atom. The van der Waals surface area contributed by atoms with E-state index in [1.165, 1.54) is 10.4 Å². The maximum Gasteiger partial charge on any atom is 0.261 e. The number of ether oxygens (including phenoxy) is 1. The molecule has 3 rings (SSSR count). The van der Waals surface area contributed by atoms with Gasteiger partial charge in [-0.05, 0) is 21.0 Å². The summed E-state index contributed by atoms with van der Waals surface area (Å²) in [7, 11) is -2.62. The first-order chi connectivity index (χ1) is 15.4. The Balaban J connectivity index is 1.94. The van der Waals surface area contributed by atoms with E-state index in [0.29, 0.717) is 6.61 Å². The molecular weight excluding hydrogens is 408 g/mol. The van der Waals surface area contributed by atoms with Gasteiger partial charge in [0.05, 0.1) is 12.7 Å². The van der Waals surface area contributed by atoms with Gasteiger partial charge in [0.25, 0.3) is 8.32 Å². The Hall–Kier alpha value is -2.72. The van der Waals surface area contributed by atoms with Crippen LogP contribution in [0.1, 0.15) is 32.4 Å². The molecule has 0 fully saturated rings. The summed E-state index contributed by atoms with van der Waals surface area (Å²) in [5.74, 6) is 0. The Morgan fingerprint density at radius 3 is 1.62 bits per heavy atom. The third-order valence-corrected chi connectivity index (χ3v) is 10.8. The number of rotatable bonds is 10. The van der Waals surface area contributed by atoms with Crippen LogP contribution in [0.4, 0.5) is 0 Å². The molecule has 0 heterocycles. The van der Waals surface area contributed by atoms with Gasteiger partial charge >= 0.3 is 0 Å². The normalized spacial score (nSPS) is 13.8. The van der Waals surface area contributed by atoms with Crippen LogP contribution in [0.25, 0.3) is 0 Å². The van der Waals surface area contributed by atoms with Crippen molar-refractivity contribution in [2.45, 2.75) is 38.0 Å². The third-order valence-electron chi connectivity index (χ3n) is 5.81. The molecular formula is C29H34O2Si. The Morgan fingerprint density at radius 2 is 1.22 bits per heavy atom. The van der Waals surface area contributed by atoms with E-state index in [1.807, 2.05) is 30.4 Å². The second-order valence-corrected chi connectivity index (χ2v) is 13.3. The van der Waals surface area contributed by atoms with Gasteiger partial charge in [0.1, 0.15) is 6.10 Å². The topological polar surface area (TPSA) is 18.5 Å². The fraction of sp³-hybridized carbons (Fsp3) is 0.241. The van der Waals surface area contributed by atoms with Crippen molar-refractivity contribution in [2.24, 2.45) is 0 Å². The third kappa shape index (κ3) is 5.18. The highest BCUT2D eigenvalue weighted by Crippen LogP contribution is 2.37. The highest BCUT2D eigenvalue weighted by molar-refractivity contribution is 6.99. The van der Waals surface area contributed by atoms with Gasteiger partial charge in [-0.15, -0.1) is 13.2 Å². The van der Waals surface area contributed by atoms with Crippen LogP contribution in [0.2, 0.25) is 5.04 Å². The molecule has 0 N–H and O–H groups in total. The zero-order chi connectivity index (χ0) is 23.0. The lowest BCUT2D eigenvalue weighted by atomic mass is 10.1. The molecule has 2 nitrogen and oxygen atoms in total. The first-order valence-electron chi connectivity index (χ1n) is 11.1. The van der Waals surface area contributed by atoms with Gasteiger partial charge in [0.2, 0.25) is 0 Å². The molecule has 0 aliphatic heterocycles. The molecule has 0 aromatic heterocycles. The summed E-state index contributed by atoms with van der Waals surface area (Å²) in [6, 6.07) is 31.4. The van der Waals surface area contributed by atoms with Crippen LogP contribution in [0.3, 0.4) is 0 Å². The standard InChI is InChI=1S/C29H34O2Si/c1-6-25(31-28(7-2)24-17-11-8-12-18-24)23-30-32(29(3,4)5,26-19-13-9-14-20-26)27-21-15-10-16-22-27/h6-22,25,28H,1-2,23H2,3-5H3/t25-,28-/m0/s1. The van der Waals surface area contributed by atoms with Gasteiger partial charge in [0.15, 0.2) is 0 Å². The van der Waals surface area contributed by atoms with Gasteiger partial charge in [-0.2, -0.15) is 0 Å². The lowest BCUT2D eigenvalue weighted by Crippen LogP contribution is -2.67. The Labute approximate surface area is 194 Å². The summed E-state index contributed by atoms with van der Waals surface area (Å²) in [6.45, 7) is 15.3. The van der Waals surface area contributed by atoms with Crippen molar-refractivity contribution < 1.29 is 9.16 Å². The van der Waals surface area contributed by atoms with Crippen LogP contribution in [0.5, 0.6) is 0 Å². The van der Waals surface area contributed by atoms with Crippen LogP contribution in [-0.4, -0.2) is 21.0 Å². The summed E-state index contributed by atoms with van der Waals surface area (Å²) >= 11 is 0. The van der Waals surface area contributed by atoms with Crippen molar-refractivity contribution in [2.75, 3.05) is 6.61 Å². The molecule has 0 spiro atoms. The lowest BCUT2D eigenvalue weighted by Gasteiger charge is -2.43. The van der Waals surface area contributed by atoms with Crippen molar-refractivity contribution in [3.05, 3.63) is 122 Å². The average Bonchev–Trinajstić information content (AvgIpc) is 2.82. The van der Waals surface area contributed by atoms with E-state index in [1.54, 1.807) is 0 Å². The predicted molar refractivity (Wildman–Crippen MR) is 138 cm³/mol. The Kier molecular flexibility index (Phi) is 8.03. The molecule has 0 aliphatic carbocycles. The summed E-state index contributed by atoms with van der Waals surface area (Å²) in [6.07, 6.45) is 3.17. The van der Waals surface area contributed by atoms with Crippen LogP contribution in [0, 0.1) is 0 Å². The highest BCUT2D eigenvalue weighted by Gasteiger charge is 2.50. The van der Waals surface area contributed by atoms with Crippen LogP contribution >= 0.6 is 0 Å². The molecule has 3 aromatic carbocycles. The van der Waals surface area contributed by atoms with E-state index in [0.717, 1.165) is 5.56 Å². The molecule has 3 aromatic rings. The van der Waals surface area contributed by atoms with Crippen molar-refractivity contribution in [3.63, 3.8) is 0 Å². The molecule has 32 heavy (non-hydrogen) atoms. The van der Waals surface area contributed by atoms with Gasteiger partial charge in [-0.3, -0.25) is 0 Å². The van der Waals surface area contributed by atoms with Gasteiger partial charge < -0.3 is 9.16 Å². The van der Waals surface area contributed by atoms with Crippen molar-refractivity contribution >= 4 is 18.7 Å². The molecule has 0 radical (unpaired) electrons. The van der Waals surface area contributed by atoms with E-state index in [2.05, 4.69) is 107 Å². The van der Waals surface area contributed by atoms with E-state index in [-0.39, 0.29) is 17.2 Å². The summed E-state index contributed by atoms with van der Waals surface area (Å²) in [5.41, 5.74) is 1.07. The molecule has 2 atom stereocenters. The Bertz CT molecular complexity index is 938. The maximum atomic E-state index is 7.01. The quantitative estimate of drug-likeness (QED) is 0.281. The molecule has 0 amide bonds. The van der Waals surface area contributed by atoms with Crippen LogP contribution in [-0.2, 0) is 9.16 Å². The summed E-state index contributed by atoms with van der Waals surface area (Å²) < 4.78 is 13.4. The highest BCUT2D eigenvalue weighted by atomic mass is 28.4. The van der Waals surface area contributed by atoms with Crippen LogP contribution < -0.4 is 10.4 Å². The lowest BCUT2D eigenvalue weighted by molar-refractivity contribution is 0.0120. The fourth-order valence-corrected chi connectivity index (χ4v) is 8.80. The maximum absolute atomic E-state index is 7.01. The van der Waals surface area contributed by atoms with E-state index in [4.69, 9.17) is 9.16 Å². The number of benzene rings is 3.